The Morgan fingerprint density at radius 2 is 2.30 bits per heavy atom. The van der Waals surface area contributed by atoms with Gasteiger partial charge in [-0.15, -0.1) is 0 Å². The van der Waals surface area contributed by atoms with E-state index in [0.29, 0.717) is 6.04 Å². The molecular formula is C15H19ClN4. The van der Waals surface area contributed by atoms with E-state index < -0.39 is 0 Å². The van der Waals surface area contributed by atoms with Crippen molar-refractivity contribution in [2.45, 2.75) is 38.6 Å². The van der Waals surface area contributed by atoms with Gasteiger partial charge in [-0.3, -0.25) is 0 Å². The van der Waals surface area contributed by atoms with Crippen molar-refractivity contribution in [3.63, 3.8) is 0 Å². The van der Waals surface area contributed by atoms with Gasteiger partial charge in [-0.2, -0.15) is 5.10 Å². The Morgan fingerprint density at radius 1 is 1.45 bits per heavy atom. The summed E-state index contributed by atoms with van der Waals surface area (Å²) >= 11 is 6.12. The Hall–Kier alpha value is -1.55. The van der Waals surface area contributed by atoms with Gasteiger partial charge in [0.25, 0.3) is 0 Å². The Kier molecular flexibility index (Phi) is 3.92. The molecule has 1 aliphatic rings. The molecule has 5 heteroatoms. The zero-order valence-electron chi connectivity index (χ0n) is 11.6. The Labute approximate surface area is 124 Å². The van der Waals surface area contributed by atoms with Gasteiger partial charge in [-0.1, -0.05) is 30.9 Å². The number of anilines is 1. The van der Waals surface area contributed by atoms with Crippen LogP contribution in [0.1, 0.15) is 32.6 Å². The van der Waals surface area contributed by atoms with Gasteiger partial charge in [0, 0.05) is 11.1 Å². The van der Waals surface area contributed by atoms with Gasteiger partial charge in [-0.25, -0.2) is 9.67 Å². The average molecular weight is 291 g/mol. The van der Waals surface area contributed by atoms with Crippen LogP contribution in [0.15, 0.2) is 30.9 Å². The summed E-state index contributed by atoms with van der Waals surface area (Å²) in [4.78, 5) is 4.00. The number of halogens is 1. The van der Waals surface area contributed by atoms with Crippen LogP contribution in [-0.4, -0.2) is 20.8 Å². The van der Waals surface area contributed by atoms with Gasteiger partial charge in [0.15, 0.2) is 0 Å². The van der Waals surface area contributed by atoms with E-state index in [2.05, 4.69) is 22.3 Å². The molecule has 0 spiro atoms. The molecule has 1 unspecified atom stereocenters. The van der Waals surface area contributed by atoms with Crippen LogP contribution in [0.3, 0.4) is 0 Å². The zero-order valence-corrected chi connectivity index (χ0v) is 12.3. The Balaban J connectivity index is 1.78. The fourth-order valence-corrected chi connectivity index (χ4v) is 2.88. The van der Waals surface area contributed by atoms with Crippen LogP contribution >= 0.6 is 11.6 Å². The van der Waals surface area contributed by atoms with Gasteiger partial charge >= 0.3 is 0 Å². The molecule has 0 radical (unpaired) electrons. The molecular weight excluding hydrogens is 272 g/mol. The molecule has 2 aromatic rings. The van der Waals surface area contributed by atoms with Crippen molar-refractivity contribution in [2.75, 3.05) is 5.32 Å². The predicted octanol–water partition coefficient (Wildman–Crippen LogP) is 3.91. The van der Waals surface area contributed by atoms with E-state index in [1.165, 1.54) is 32.0 Å². The molecule has 1 aromatic carbocycles. The number of hydrogen-bond donors (Lipinski definition) is 1. The average Bonchev–Trinajstić information content (AvgIpc) is 2.88. The number of hydrogen-bond acceptors (Lipinski definition) is 3. The van der Waals surface area contributed by atoms with E-state index >= 15 is 0 Å². The topological polar surface area (TPSA) is 42.7 Å². The van der Waals surface area contributed by atoms with E-state index in [4.69, 9.17) is 11.6 Å². The number of rotatable bonds is 5. The number of aromatic nitrogens is 3. The lowest BCUT2D eigenvalue weighted by Gasteiger charge is -2.29. The molecule has 1 heterocycles. The maximum Gasteiger partial charge on any atom is 0.138 e. The molecule has 4 nitrogen and oxygen atoms in total. The summed E-state index contributed by atoms with van der Waals surface area (Å²) in [5.74, 6) is 0.881. The third-order valence-electron chi connectivity index (χ3n) is 3.94. The molecule has 20 heavy (non-hydrogen) atoms. The lowest BCUT2D eigenvalue weighted by molar-refractivity contribution is 0.286. The third kappa shape index (κ3) is 2.96. The molecule has 1 aliphatic carbocycles. The minimum atomic E-state index is 0.432. The maximum atomic E-state index is 6.12. The first kappa shape index (κ1) is 13.4. The maximum absolute atomic E-state index is 6.12. The van der Waals surface area contributed by atoms with Crippen molar-refractivity contribution < 1.29 is 0 Å². The molecule has 1 N–H and O–H groups in total. The van der Waals surface area contributed by atoms with Gasteiger partial charge in [0.1, 0.15) is 12.7 Å². The summed E-state index contributed by atoms with van der Waals surface area (Å²) < 4.78 is 1.76. The third-order valence-corrected chi connectivity index (χ3v) is 4.17. The first-order valence-corrected chi connectivity index (χ1v) is 7.51. The summed E-state index contributed by atoms with van der Waals surface area (Å²) in [6.45, 7) is 2.23. The highest BCUT2D eigenvalue weighted by atomic mass is 35.5. The van der Waals surface area contributed by atoms with Crippen LogP contribution in [0.5, 0.6) is 0 Å². The van der Waals surface area contributed by atoms with Crippen molar-refractivity contribution in [3.05, 3.63) is 35.9 Å². The van der Waals surface area contributed by atoms with Crippen LogP contribution in [0.4, 0.5) is 5.69 Å². The molecule has 3 rings (SSSR count). The first-order chi connectivity index (χ1) is 9.72. The van der Waals surface area contributed by atoms with Crippen LogP contribution in [-0.2, 0) is 0 Å². The molecule has 0 aliphatic heterocycles. The molecule has 106 valence electrons. The van der Waals surface area contributed by atoms with Gasteiger partial charge in [0.2, 0.25) is 0 Å². The van der Waals surface area contributed by atoms with Crippen molar-refractivity contribution in [1.29, 1.82) is 0 Å². The Bertz CT molecular complexity index is 563. The molecule has 1 aromatic heterocycles. The predicted molar refractivity (Wildman–Crippen MR) is 81.4 cm³/mol. The second-order valence-electron chi connectivity index (χ2n) is 5.58. The van der Waals surface area contributed by atoms with Crippen molar-refractivity contribution in [1.82, 2.24) is 14.8 Å². The van der Waals surface area contributed by atoms with Crippen LogP contribution < -0.4 is 5.32 Å². The molecule has 1 saturated carbocycles. The fraction of sp³-hybridized carbons (Fsp3) is 0.467. The normalized spacial score (nSPS) is 16.7. The van der Waals surface area contributed by atoms with E-state index in [0.717, 1.165) is 22.3 Å². The van der Waals surface area contributed by atoms with Crippen LogP contribution in [0.2, 0.25) is 5.02 Å². The molecule has 1 fully saturated rings. The van der Waals surface area contributed by atoms with Crippen molar-refractivity contribution in [2.24, 2.45) is 5.92 Å². The highest BCUT2D eigenvalue weighted by Crippen LogP contribution is 2.32. The van der Waals surface area contributed by atoms with E-state index in [9.17, 15) is 0 Å². The molecule has 0 bridgehead atoms. The molecule has 0 saturated heterocycles. The van der Waals surface area contributed by atoms with Gasteiger partial charge < -0.3 is 5.32 Å². The van der Waals surface area contributed by atoms with Gasteiger partial charge in [0.05, 0.1) is 11.4 Å². The second kappa shape index (κ2) is 5.83. The molecule has 0 amide bonds. The minimum absolute atomic E-state index is 0.432. The zero-order chi connectivity index (χ0) is 13.9. The SMILES string of the molecule is CC(CC1CCC1)Nc1cc(Cl)ccc1-n1cncn1. The standard InChI is InChI=1S/C15H19ClN4/c1-11(7-12-3-2-4-12)19-14-8-13(16)5-6-15(14)20-10-17-9-18-20/h5-6,8-12,19H,2-4,7H2,1H3. The largest absolute Gasteiger partial charge is 0.381 e. The van der Waals surface area contributed by atoms with Crippen molar-refractivity contribution >= 4 is 17.3 Å². The second-order valence-corrected chi connectivity index (χ2v) is 6.02. The van der Waals surface area contributed by atoms with E-state index in [1.807, 2.05) is 18.2 Å². The van der Waals surface area contributed by atoms with Crippen LogP contribution in [0.25, 0.3) is 5.69 Å². The lowest BCUT2D eigenvalue weighted by atomic mass is 9.81. The van der Waals surface area contributed by atoms with Gasteiger partial charge in [-0.05, 0) is 37.5 Å². The highest BCUT2D eigenvalue weighted by molar-refractivity contribution is 6.31. The van der Waals surface area contributed by atoms with Crippen molar-refractivity contribution in [3.8, 4) is 5.69 Å². The van der Waals surface area contributed by atoms with Crippen LogP contribution in [0, 0.1) is 5.92 Å². The Morgan fingerprint density at radius 3 is 2.95 bits per heavy atom. The number of nitrogens with zero attached hydrogens (tertiary/aromatic N) is 3. The number of benzene rings is 1. The number of nitrogens with one attached hydrogen (secondary N) is 1. The summed E-state index contributed by atoms with van der Waals surface area (Å²) in [5.41, 5.74) is 1.99. The quantitative estimate of drug-likeness (QED) is 0.908. The summed E-state index contributed by atoms with van der Waals surface area (Å²) in [6.07, 6.45) is 8.58. The summed E-state index contributed by atoms with van der Waals surface area (Å²) in [5, 5.41) is 8.49. The summed E-state index contributed by atoms with van der Waals surface area (Å²) in [6, 6.07) is 6.23. The molecule has 1 atom stereocenters. The van der Waals surface area contributed by atoms with E-state index in [-0.39, 0.29) is 0 Å². The highest BCUT2D eigenvalue weighted by Gasteiger charge is 2.20. The lowest BCUT2D eigenvalue weighted by Crippen LogP contribution is -2.23. The smallest absolute Gasteiger partial charge is 0.138 e. The first-order valence-electron chi connectivity index (χ1n) is 7.13. The monoisotopic (exact) mass is 290 g/mol. The summed E-state index contributed by atoms with van der Waals surface area (Å²) in [7, 11) is 0. The minimum Gasteiger partial charge on any atom is -0.381 e. The fourth-order valence-electron chi connectivity index (χ4n) is 2.71. The van der Waals surface area contributed by atoms with E-state index in [1.54, 1.807) is 11.0 Å².